The normalized spacial score (nSPS) is 12.2. The number of carboxylic acids is 1. The van der Waals surface area contributed by atoms with Crippen LogP contribution in [0.25, 0.3) is 0 Å². The molecule has 1 aromatic rings. The maximum Gasteiger partial charge on any atom is 0.326 e. The number of urea groups is 1. The molecule has 0 radical (unpaired) electrons. The van der Waals surface area contributed by atoms with Crippen molar-refractivity contribution in [3.05, 3.63) is 16.1 Å². The molecule has 2 amide bonds. The van der Waals surface area contributed by atoms with Gasteiger partial charge in [0.05, 0.1) is 6.54 Å². The van der Waals surface area contributed by atoms with Crippen molar-refractivity contribution in [1.82, 2.24) is 15.6 Å². The van der Waals surface area contributed by atoms with Crippen LogP contribution in [0.15, 0.2) is 6.20 Å². The first kappa shape index (κ1) is 15.4. The number of hydrogen-bond acceptors (Lipinski definition) is 4. The number of nitrogens with zero attached hydrogens (tertiary/aromatic N) is 1. The Morgan fingerprint density at radius 3 is 2.63 bits per heavy atom. The number of aryl methyl sites for hydroxylation is 1. The number of hydrogen-bond donors (Lipinski definition) is 3. The lowest BCUT2D eigenvalue weighted by Crippen LogP contribution is -2.46. The predicted molar refractivity (Wildman–Crippen MR) is 73.1 cm³/mol. The van der Waals surface area contributed by atoms with Gasteiger partial charge in [0.1, 0.15) is 11.0 Å². The maximum absolute atomic E-state index is 11.6. The van der Waals surface area contributed by atoms with Crippen molar-refractivity contribution in [2.45, 2.75) is 39.8 Å². The fourth-order valence-electron chi connectivity index (χ4n) is 1.54. The topological polar surface area (TPSA) is 91.3 Å². The van der Waals surface area contributed by atoms with Gasteiger partial charge in [0, 0.05) is 11.1 Å². The van der Waals surface area contributed by atoms with E-state index in [-0.39, 0.29) is 5.92 Å². The zero-order valence-electron chi connectivity index (χ0n) is 11.3. The average Bonchev–Trinajstić information content (AvgIpc) is 2.71. The molecule has 1 rings (SSSR count). The first-order valence-electron chi connectivity index (χ1n) is 6.07. The van der Waals surface area contributed by atoms with E-state index in [1.54, 1.807) is 6.20 Å². The van der Waals surface area contributed by atoms with E-state index in [1.165, 1.54) is 11.3 Å². The third-order valence-corrected chi connectivity index (χ3v) is 3.29. The van der Waals surface area contributed by atoms with Gasteiger partial charge in [0.25, 0.3) is 0 Å². The van der Waals surface area contributed by atoms with Crippen LogP contribution in [0.4, 0.5) is 4.79 Å². The van der Waals surface area contributed by atoms with Gasteiger partial charge < -0.3 is 15.7 Å². The number of carbonyl (C=O) groups excluding carboxylic acids is 1. The Balaban J connectivity index is 2.42. The first-order valence-corrected chi connectivity index (χ1v) is 6.88. The fraction of sp³-hybridized carbons (Fsp3) is 0.583. The molecule has 0 saturated heterocycles. The lowest BCUT2D eigenvalue weighted by atomic mass is 10.0. The van der Waals surface area contributed by atoms with E-state index in [1.807, 2.05) is 20.8 Å². The lowest BCUT2D eigenvalue weighted by Gasteiger charge is -2.16. The van der Waals surface area contributed by atoms with E-state index in [0.717, 1.165) is 9.88 Å². The molecule has 0 spiro atoms. The Kier molecular flexibility index (Phi) is 5.75. The summed E-state index contributed by atoms with van der Waals surface area (Å²) in [6, 6.07) is -1.35. The van der Waals surface area contributed by atoms with Crippen molar-refractivity contribution in [1.29, 1.82) is 0 Å². The molecule has 7 heteroatoms. The number of aromatic nitrogens is 1. The number of aliphatic carboxylic acids is 1. The summed E-state index contributed by atoms with van der Waals surface area (Å²) in [6.45, 7) is 6.06. The highest BCUT2D eigenvalue weighted by molar-refractivity contribution is 7.11. The summed E-state index contributed by atoms with van der Waals surface area (Å²) < 4.78 is 0. The molecule has 6 nitrogen and oxygen atoms in total. The van der Waals surface area contributed by atoms with Crippen LogP contribution in [-0.2, 0) is 11.3 Å². The minimum absolute atomic E-state index is 0.197. The van der Waals surface area contributed by atoms with E-state index >= 15 is 0 Å². The second kappa shape index (κ2) is 7.08. The number of carboxylic acid groups (broad SMARTS) is 1. The van der Waals surface area contributed by atoms with Gasteiger partial charge in [0.15, 0.2) is 0 Å². The van der Waals surface area contributed by atoms with Gasteiger partial charge in [-0.3, -0.25) is 0 Å². The Morgan fingerprint density at radius 2 is 2.16 bits per heavy atom. The Bertz CT molecular complexity index is 445. The SMILES string of the molecule is Cc1cnc(CNC(=O)N[C@H](CC(C)C)C(=O)O)s1. The van der Waals surface area contributed by atoms with Gasteiger partial charge in [-0.1, -0.05) is 13.8 Å². The van der Waals surface area contributed by atoms with E-state index in [4.69, 9.17) is 5.11 Å². The smallest absolute Gasteiger partial charge is 0.326 e. The quantitative estimate of drug-likeness (QED) is 0.742. The van der Waals surface area contributed by atoms with Gasteiger partial charge in [-0.05, 0) is 19.3 Å². The Hall–Kier alpha value is -1.63. The van der Waals surface area contributed by atoms with E-state index < -0.39 is 18.0 Å². The first-order chi connectivity index (χ1) is 8.88. The Morgan fingerprint density at radius 1 is 1.47 bits per heavy atom. The summed E-state index contributed by atoms with van der Waals surface area (Å²) in [5.41, 5.74) is 0. The summed E-state index contributed by atoms with van der Waals surface area (Å²) in [6.07, 6.45) is 2.14. The monoisotopic (exact) mass is 285 g/mol. The molecule has 1 heterocycles. The molecule has 0 aliphatic carbocycles. The molecular weight excluding hydrogens is 266 g/mol. The molecule has 0 unspecified atom stereocenters. The Labute approximate surface area is 116 Å². The summed E-state index contributed by atoms with van der Waals surface area (Å²) >= 11 is 1.50. The molecule has 19 heavy (non-hydrogen) atoms. The zero-order valence-corrected chi connectivity index (χ0v) is 12.1. The molecular formula is C12H19N3O3S. The van der Waals surface area contributed by atoms with E-state index in [0.29, 0.717) is 13.0 Å². The van der Waals surface area contributed by atoms with Gasteiger partial charge in [-0.2, -0.15) is 0 Å². The van der Waals surface area contributed by atoms with Crippen LogP contribution in [0.1, 0.15) is 30.2 Å². The molecule has 0 bridgehead atoms. The van der Waals surface area contributed by atoms with Crippen LogP contribution in [0.3, 0.4) is 0 Å². The van der Waals surface area contributed by atoms with Gasteiger partial charge >= 0.3 is 12.0 Å². The van der Waals surface area contributed by atoms with Crippen molar-refractivity contribution < 1.29 is 14.7 Å². The molecule has 0 aromatic carbocycles. The fourth-order valence-corrected chi connectivity index (χ4v) is 2.27. The number of rotatable bonds is 6. The highest BCUT2D eigenvalue weighted by Gasteiger charge is 2.20. The molecule has 0 saturated carbocycles. The van der Waals surface area contributed by atoms with Crippen LogP contribution in [0.2, 0.25) is 0 Å². The molecule has 3 N–H and O–H groups in total. The lowest BCUT2D eigenvalue weighted by molar-refractivity contribution is -0.139. The van der Waals surface area contributed by atoms with E-state index in [9.17, 15) is 9.59 Å². The van der Waals surface area contributed by atoms with Gasteiger partial charge in [-0.25, -0.2) is 14.6 Å². The molecule has 0 aliphatic rings. The summed E-state index contributed by atoms with van der Waals surface area (Å²) in [7, 11) is 0. The number of thiazole rings is 1. The predicted octanol–water partition coefficient (Wildman–Crippen LogP) is 1.75. The molecule has 1 aromatic heterocycles. The zero-order chi connectivity index (χ0) is 14.4. The van der Waals surface area contributed by atoms with Crippen LogP contribution < -0.4 is 10.6 Å². The van der Waals surface area contributed by atoms with Gasteiger partial charge in [-0.15, -0.1) is 11.3 Å². The van der Waals surface area contributed by atoms with Crippen molar-refractivity contribution in [3.63, 3.8) is 0 Å². The molecule has 0 fully saturated rings. The summed E-state index contributed by atoms with van der Waals surface area (Å²) in [5.74, 6) is -0.822. The van der Waals surface area contributed by atoms with Crippen molar-refractivity contribution in [2.24, 2.45) is 5.92 Å². The van der Waals surface area contributed by atoms with Crippen LogP contribution in [-0.4, -0.2) is 28.1 Å². The van der Waals surface area contributed by atoms with Crippen molar-refractivity contribution in [3.8, 4) is 0 Å². The van der Waals surface area contributed by atoms with Crippen LogP contribution in [0.5, 0.6) is 0 Å². The number of nitrogens with one attached hydrogen (secondary N) is 2. The second-order valence-corrected chi connectivity index (χ2v) is 6.03. The summed E-state index contributed by atoms with van der Waals surface area (Å²) in [4.78, 5) is 27.8. The minimum Gasteiger partial charge on any atom is -0.480 e. The molecule has 1 atom stereocenters. The third-order valence-electron chi connectivity index (χ3n) is 2.38. The maximum atomic E-state index is 11.6. The highest BCUT2D eigenvalue weighted by Crippen LogP contribution is 2.10. The molecule has 0 aliphatic heterocycles. The van der Waals surface area contributed by atoms with E-state index in [2.05, 4.69) is 15.6 Å². The standard InChI is InChI=1S/C12H19N3O3S/c1-7(2)4-9(11(16)17)15-12(18)14-6-10-13-5-8(3)19-10/h5,7,9H,4,6H2,1-3H3,(H,16,17)(H2,14,15,18)/t9-/m1/s1. The minimum atomic E-state index is -1.02. The van der Waals surface area contributed by atoms with Crippen LogP contribution in [0, 0.1) is 12.8 Å². The summed E-state index contributed by atoms with van der Waals surface area (Å²) in [5, 5.41) is 14.9. The second-order valence-electron chi connectivity index (χ2n) is 4.71. The van der Waals surface area contributed by atoms with Gasteiger partial charge in [0.2, 0.25) is 0 Å². The largest absolute Gasteiger partial charge is 0.480 e. The highest BCUT2D eigenvalue weighted by atomic mass is 32.1. The third kappa shape index (κ3) is 5.69. The average molecular weight is 285 g/mol. The van der Waals surface area contributed by atoms with Crippen LogP contribution >= 0.6 is 11.3 Å². The number of carbonyl (C=O) groups is 2. The molecule has 106 valence electrons. The van der Waals surface area contributed by atoms with Crippen molar-refractivity contribution >= 4 is 23.3 Å². The van der Waals surface area contributed by atoms with Crippen molar-refractivity contribution in [2.75, 3.05) is 0 Å². The number of amides is 2.